The second-order valence-electron chi connectivity index (χ2n) is 15.4. The van der Waals surface area contributed by atoms with Crippen molar-refractivity contribution in [2.24, 2.45) is 0 Å². The van der Waals surface area contributed by atoms with Gasteiger partial charge in [0.15, 0.2) is 0 Å². The van der Waals surface area contributed by atoms with Crippen molar-refractivity contribution in [1.29, 1.82) is 0 Å². The first kappa shape index (κ1) is 44.1. The number of hydrogen-bond donors (Lipinski definition) is 4. The summed E-state index contributed by atoms with van der Waals surface area (Å²) in [5.74, 6) is 3.88. The van der Waals surface area contributed by atoms with E-state index in [1.807, 2.05) is 76.7 Å². The highest BCUT2D eigenvalue weighted by Crippen LogP contribution is 2.20. The maximum absolute atomic E-state index is 6.05. The van der Waals surface area contributed by atoms with Gasteiger partial charge < -0.3 is 19.9 Å². The summed E-state index contributed by atoms with van der Waals surface area (Å²) in [7, 11) is 0. The Hall–Kier alpha value is -5.99. The molecule has 0 fully saturated rings. The molecule has 0 aliphatic heterocycles. The molecule has 4 aromatic carbocycles. The van der Waals surface area contributed by atoms with E-state index in [4.69, 9.17) is 11.6 Å². The monoisotopic (exact) mass is 806 g/mol. The topological polar surface area (TPSA) is 115 Å². The summed E-state index contributed by atoms with van der Waals surface area (Å²) >= 11 is 6.05. The van der Waals surface area contributed by atoms with Crippen molar-refractivity contribution in [1.82, 2.24) is 39.9 Å². The summed E-state index contributed by atoms with van der Waals surface area (Å²) in [6.07, 6.45) is 11.2. The third-order valence-corrected chi connectivity index (χ3v) is 10.7. The van der Waals surface area contributed by atoms with Crippen LogP contribution in [-0.2, 0) is 25.7 Å². The predicted octanol–water partition coefficient (Wildman–Crippen LogP) is 11.7. The number of imidazole rings is 4. The Morgan fingerprint density at radius 2 is 0.831 bits per heavy atom. The summed E-state index contributed by atoms with van der Waals surface area (Å²) in [5.41, 5.74) is 18.0. The minimum Gasteiger partial charge on any atom is -0.346 e. The zero-order valence-corrected chi connectivity index (χ0v) is 37.1. The fourth-order valence-electron chi connectivity index (χ4n) is 6.82. The molecule has 0 aliphatic rings. The zero-order valence-electron chi connectivity index (χ0n) is 36.3. The highest BCUT2D eigenvalue weighted by atomic mass is 35.5. The molecule has 8 rings (SSSR count). The molecule has 4 heterocycles. The van der Waals surface area contributed by atoms with Gasteiger partial charge in [0.25, 0.3) is 0 Å². The van der Waals surface area contributed by atoms with Crippen LogP contribution in [0.25, 0.3) is 0 Å². The van der Waals surface area contributed by atoms with E-state index >= 15 is 0 Å². The van der Waals surface area contributed by atoms with Crippen molar-refractivity contribution in [2.75, 3.05) is 0 Å². The van der Waals surface area contributed by atoms with E-state index in [0.29, 0.717) is 0 Å². The van der Waals surface area contributed by atoms with Gasteiger partial charge in [0.2, 0.25) is 0 Å². The van der Waals surface area contributed by atoms with Gasteiger partial charge in [-0.1, -0.05) is 90.0 Å². The van der Waals surface area contributed by atoms with Gasteiger partial charge in [-0.3, -0.25) is 0 Å². The predicted molar refractivity (Wildman–Crippen MR) is 244 cm³/mol. The van der Waals surface area contributed by atoms with Crippen LogP contribution in [0.1, 0.15) is 102 Å². The van der Waals surface area contributed by atoms with Crippen molar-refractivity contribution < 1.29 is 0 Å². The average Bonchev–Trinajstić information content (AvgIpc) is 4.02. The number of benzene rings is 4. The standard InChI is InChI=1S/3C13H16N2.C11H11ClN2/c1-9-4-5-10(2)12(6-9)7-13-8-14-11(3)15-13;1-9-5-4-6-12(10(9)2)7-13-8-14-11(3)15-13;1-9-5-4-6-10(2)13(9)7-12-8-14-11(3)15-12;1-8-13-7-10(14-8)6-9-4-2-3-5-11(9)12/h3*4-6,8H,7H2,1-3H3,(H,14,15);2-5,7H,6H2,1H3,(H,13,14). The molecule has 4 aromatic heterocycles. The van der Waals surface area contributed by atoms with Crippen LogP contribution >= 0.6 is 11.6 Å². The molecule has 0 radical (unpaired) electrons. The summed E-state index contributed by atoms with van der Waals surface area (Å²) in [4.78, 5) is 29.7. The minimum atomic E-state index is 0.805. The fourth-order valence-corrected chi connectivity index (χ4v) is 7.02. The number of aromatic amines is 4. The molecule has 0 atom stereocenters. The maximum atomic E-state index is 6.05. The van der Waals surface area contributed by atoms with Gasteiger partial charge in [-0.25, -0.2) is 19.9 Å². The summed E-state index contributed by atoms with van der Waals surface area (Å²) in [6, 6.07) is 27.3. The third-order valence-electron chi connectivity index (χ3n) is 10.4. The number of rotatable bonds is 8. The number of nitrogens with zero attached hydrogens (tertiary/aromatic N) is 4. The quantitative estimate of drug-likeness (QED) is 0.122. The number of hydrogen-bond acceptors (Lipinski definition) is 4. The molecule has 0 unspecified atom stereocenters. The van der Waals surface area contributed by atoms with Crippen LogP contribution in [0.15, 0.2) is 104 Å². The largest absolute Gasteiger partial charge is 0.346 e. The molecule has 0 amide bonds. The molecule has 0 bridgehead atoms. The molecule has 0 saturated heterocycles. The molecule has 0 aliphatic carbocycles. The lowest BCUT2D eigenvalue weighted by molar-refractivity contribution is 1.04. The Morgan fingerprint density at radius 1 is 0.407 bits per heavy atom. The first-order valence-corrected chi connectivity index (χ1v) is 20.5. The smallest absolute Gasteiger partial charge is 0.103 e. The lowest BCUT2D eigenvalue weighted by Crippen LogP contribution is -1.95. The van der Waals surface area contributed by atoms with Crippen LogP contribution in [0.5, 0.6) is 0 Å². The first-order valence-electron chi connectivity index (χ1n) is 20.2. The van der Waals surface area contributed by atoms with Crippen LogP contribution in [0.3, 0.4) is 0 Å². The van der Waals surface area contributed by atoms with Crippen molar-refractivity contribution in [2.45, 2.75) is 94.9 Å². The van der Waals surface area contributed by atoms with E-state index < -0.39 is 0 Å². The first-order chi connectivity index (χ1) is 28.2. The molecule has 59 heavy (non-hydrogen) atoms. The van der Waals surface area contributed by atoms with Gasteiger partial charge >= 0.3 is 0 Å². The number of H-pyrrole nitrogens is 4. The van der Waals surface area contributed by atoms with E-state index in [1.165, 1.54) is 67.2 Å². The van der Waals surface area contributed by atoms with Crippen molar-refractivity contribution >= 4 is 11.6 Å². The summed E-state index contributed by atoms with van der Waals surface area (Å²) in [5, 5.41) is 0.805. The van der Waals surface area contributed by atoms with Crippen LogP contribution in [0.2, 0.25) is 5.02 Å². The van der Waals surface area contributed by atoms with Crippen LogP contribution in [0, 0.1) is 69.2 Å². The second kappa shape index (κ2) is 21.1. The molecule has 8 aromatic rings. The van der Waals surface area contributed by atoms with E-state index in [2.05, 4.69) is 136 Å². The molecule has 8 nitrogen and oxygen atoms in total. The SMILES string of the molecule is Cc1ccc(C)c(Cc2cnc(C)[nH]2)c1.Cc1ncc(Cc2c(C)cccc2C)[nH]1.Cc1ncc(Cc2cccc(C)c2C)[nH]1.Cc1ncc(Cc2ccccc2Cl)[nH]1. The lowest BCUT2D eigenvalue weighted by Gasteiger charge is -2.07. The zero-order chi connectivity index (χ0) is 42.5. The molecule has 0 saturated carbocycles. The van der Waals surface area contributed by atoms with E-state index in [9.17, 15) is 0 Å². The molecule has 0 spiro atoms. The number of aromatic nitrogens is 8. The Morgan fingerprint density at radius 3 is 1.32 bits per heavy atom. The van der Waals surface area contributed by atoms with Crippen LogP contribution in [-0.4, -0.2) is 39.9 Å². The van der Waals surface area contributed by atoms with Crippen molar-refractivity contribution in [3.05, 3.63) is 210 Å². The summed E-state index contributed by atoms with van der Waals surface area (Å²) in [6.45, 7) is 20.8. The Labute approximate surface area is 355 Å². The molecular weight excluding hydrogens is 748 g/mol. The van der Waals surface area contributed by atoms with Gasteiger partial charge in [-0.05, 0) is 125 Å². The summed E-state index contributed by atoms with van der Waals surface area (Å²) < 4.78 is 0. The average molecular weight is 808 g/mol. The van der Waals surface area contributed by atoms with Gasteiger partial charge in [0.1, 0.15) is 23.3 Å². The Bertz CT molecular complexity index is 2490. The lowest BCUT2D eigenvalue weighted by atomic mass is 9.99. The minimum absolute atomic E-state index is 0.805. The second-order valence-corrected chi connectivity index (χ2v) is 15.8. The van der Waals surface area contributed by atoms with Gasteiger partial charge in [0, 0.05) is 78.3 Å². The third kappa shape index (κ3) is 13.5. The fraction of sp³-hybridized carbons (Fsp3) is 0.280. The molecule has 306 valence electrons. The number of halogens is 1. The van der Waals surface area contributed by atoms with E-state index in [0.717, 1.165) is 65.3 Å². The van der Waals surface area contributed by atoms with Crippen molar-refractivity contribution in [3.8, 4) is 0 Å². The Kier molecular flexibility index (Phi) is 15.8. The Balaban J connectivity index is 0.000000150. The highest BCUT2D eigenvalue weighted by Gasteiger charge is 2.07. The van der Waals surface area contributed by atoms with Gasteiger partial charge in [0.05, 0.1) is 0 Å². The molecule has 4 N–H and O–H groups in total. The van der Waals surface area contributed by atoms with Crippen molar-refractivity contribution in [3.63, 3.8) is 0 Å². The number of aryl methyl sites for hydroxylation is 9. The highest BCUT2D eigenvalue weighted by molar-refractivity contribution is 6.31. The van der Waals surface area contributed by atoms with E-state index in [1.54, 1.807) is 0 Å². The van der Waals surface area contributed by atoms with Crippen LogP contribution in [0.4, 0.5) is 0 Å². The molecule has 9 heteroatoms. The molecular formula is C50H59ClN8. The number of nitrogens with one attached hydrogen (secondary N) is 4. The van der Waals surface area contributed by atoms with Gasteiger partial charge in [-0.15, -0.1) is 0 Å². The van der Waals surface area contributed by atoms with E-state index in [-0.39, 0.29) is 0 Å². The normalized spacial score (nSPS) is 10.6. The van der Waals surface area contributed by atoms with Crippen LogP contribution < -0.4 is 0 Å². The van der Waals surface area contributed by atoms with Gasteiger partial charge in [-0.2, -0.15) is 0 Å². The maximum Gasteiger partial charge on any atom is 0.103 e.